The summed E-state index contributed by atoms with van der Waals surface area (Å²) in [7, 11) is 0. The minimum atomic E-state index is -0.372. The van der Waals surface area contributed by atoms with Crippen LogP contribution in [0.2, 0.25) is 0 Å². The Morgan fingerprint density at radius 2 is 1.83 bits per heavy atom. The molecule has 5 heteroatoms. The second-order valence-electron chi connectivity index (χ2n) is 6.66. The summed E-state index contributed by atoms with van der Waals surface area (Å²) in [6.45, 7) is 10.1. The van der Waals surface area contributed by atoms with E-state index in [1.165, 1.54) is 17.3 Å². The van der Waals surface area contributed by atoms with Gasteiger partial charge in [-0.05, 0) is 44.2 Å². The summed E-state index contributed by atoms with van der Waals surface area (Å²) in [6.07, 6.45) is 0.794. The highest BCUT2D eigenvalue weighted by Crippen LogP contribution is 2.24. The lowest BCUT2D eigenvalue weighted by molar-refractivity contribution is -0.119. The first-order chi connectivity index (χ1) is 10.8. The van der Waals surface area contributed by atoms with Crippen LogP contribution in [-0.4, -0.2) is 28.9 Å². The van der Waals surface area contributed by atoms with E-state index >= 15 is 0 Å². The van der Waals surface area contributed by atoms with Crippen molar-refractivity contribution in [2.45, 2.75) is 53.1 Å². The van der Waals surface area contributed by atoms with Crippen LogP contribution in [-0.2, 0) is 9.59 Å². The molecule has 2 N–H and O–H groups in total. The molecular weight excluding hydrogens is 308 g/mol. The number of aryl methyl sites for hydroxylation is 3. The summed E-state index contributed by atoms with van der Waals surface area (Å²) in [5, 5.41) is 6.45. The fourth-order valence-corrected chi connectivity index (χ4v) is 3.95. The highest BCUT2D eigenvalue weighted by Gasteiger charge is 2.32. The third-order valence-electron chi connectivity index (χ3n) is 4.19. The molecule has 126 valence electrons. The van der Waals surface area contributed by atoms with Crippen LogP contribution in [0.3, 0.4) is 0 Å². The zero-order valence-electron chi connectivity index (χ0n) is 14.5. The zero-order valence-corrected chi connectivity index (χ0v) is 15.3. The maximum atomic E-state index is 12.7. The Labute approximate surface area is 142 Å². The van der Waals surface area contributed by atoms with Crippen LogP contribution in [0.1, 0.15) is 37.0 Å². The van der Waals surface area contributed by atoms with E-state index in [9.17, 15) is 9.59 Å². The van der Waals surface area contributed by atoms with Crippen molar-refractivity contribution in [3.8, 4) is 0 Å². The Hall–Kier alpha value is -1.33. The molecule has 0 aliphatic carbocycles. The quantitative estimate of drug-likeness (QED) is 0.868. The normalized spacial score (nSPS) is 19.2. The molecule has 4 nitrogen and oxygen atoms in total. The van der Waals surface area contributed by atoms with Gasteiger partial charge in [-0.2, -0.15) is 0 Å². The molecule has 1 heterocycles. The summed E-state index contributed by atoms with van der Waals surface area (Å²) < 4.78 is 0. The molecule has 23 heavy (non-hydrogen) atoms. The van der Waals surface area contributed by atoms with Gasteiger partial charge < -0.3 is 5.32 Å². The number of hydrogen-bond donors (Lipinski definition) is 2. The molecule has 0 aromatic heterocycles. The molecular formula is C18H26N2O2S. The van der Waals surface area contributed by atoms with Gasteiger partial charge in [0, 0.05) is 11.4 Å². The Morgan fingerprint density at radius 3 is 2.30 bits per heavy atom. The number of carbonyl (C=O) groups is 2. The molecule has 1 aliphatic rings. The van der Waals surface area contributed by atoms with Crippen LogP contribution < -0.4 is 10.6 Å². The van der Waals surface area contributed by atoms with Gasteiger partial charge >= 0.3 is 0 Å². The maximum Gasteiger partial charge on any atom is 0.241 e. The number of benzene rings is 1. The highest BCUT2D eigenvalue weighted by molar-refractivity contribution is 8.14. The van der Waals surface area contributed by atoms with Crippen LogP contribution in [0.4, 0.5) is 5.69 Å². The third-order valence-corrected chi connectivity index (χ3v) is 5.20. The first-order valence-electron chi connectivity index (χ1n) is 8.11. The third kappa shape index (κ3) is 4.36. The van der Waals surface area contributed by atoms with Crippen molar-refractivity contribution in [1.82, 2.24) is 5.32 Å². The second kappa shape index (κ2) is 7.49. The molecule has 0 bridgehead atoms. The molecule has 0 saturated carbocycles. The van der Waals surface area contributed by atoms with Crippen molar-refractivity contribution < 1.29 is 9.59 Å². The van der Waals surface area contributed by atoms with Gasteiger partial charge in [0.25, 0.3) is 0 Å². The van der Waals surface area contributed by atoms with Crippen molar-refractivity contribution in [3.05, 3.63) is 28.8 Å². The molecule has 2 unspecified atom stereocenters. The van der Waals surface area contributed by atoms with Crippen molar-refractivity contribution in [2.24, 2.45) is 5.92 Å². The number of nitrogens with one attached hydrogen (secondary N) is 2. The first-order valence-corrected chi connectivity index (χ1v) is 9.09. The molecule has 1 aromatic carbocycles. The summed E-state index contributed by atoms with van der Waals surface area (Å²) in [4.78, 5) is 24.6. The van der Waals surface area contributed by atoms with Gasteiger partial charge in [-0.15, -0.1) is 0 Å². The van der Waals surface area contributed by atoms with E-state index in [0.717, 1.165) is 29.0 Å². The van der Waals surface area contributed by atoms with E-state index in [0.29, 0.717) is 0 Å². The summed E-state index contributed by atoms with van der Waals surface area (Å²) in [5.41, 5.74) is 4.18. The summed E-state index contributed by atoms with van der Waals surface area (Å²) in [5.74, 6) is 0.873. The van der Waals surface area contributed by atoms with E-state index in [4.69, 9.17) is 0 Å². The second-order valence-corrected chi connectivity index (χ2v) is 7.76. The summed E-state index contributed by atoms with van der Waals surface area (Å²) >= 11 is 1.35. The Balaban J connectivity index is 2.14. The number of amides is 1. The fraction of sp³-hybridized carbons (Fsp3) is 0.556. The van der Waals surface area contributed by atoms with Crippen molar-refractivity contribution >= 4 is 28.5 Å². The summed E-state index contributed by atoms with van der Waals surface area (Å²) in [6, 6.07) is 3.55. The SMILES string of the molecule is Cc1cc(C)c(NC(=O)C(NC2CCSC2=O)C(C)C)c(C)c1. The number of anilines is 1. The molecule has 2 rings (SSSR count). The van der Waals surface area contributed by atoms with Crippen LogP contribution in [0.15, 0.2) is 12.1 Å². The van der Waals surface area contributed by atoms with Crippen molar-refractivity contribution in [2.75, 3.05) is 11.1 Å². The number of hydrogen-bond acceptors (Lipinski definition) is 4. The Morgan fingerprint density at radius 1 is 1.22 bits per heavy atom. The minimum absolute atomic E-state index is 0.0697. The monoisotopic (exact) mass is 334 g/mol. The van der Waals surface area contributed by atoms with Crippen molar-refractivity contribution in [3.63, 3.8) is 0 Å². The number of thioether (sulfide) groups is 1. The van der Waals surface area contributed by atoms with Crippen molar-refractivity contribution in [1.29, 1.82) is 0 Å². The standard InChI is InChI=1S/C18H26N2O2S/c1-10(2)15(19-14-6-7-23-18(14)22)17(21)20-16-12(4)8-11(3)9-13(16)5/h8-10,14-15,19H,6-7H2,1-5H3,(H,20,21). The largest absolute Gasteiger partial charge is 0.324 e. The van der Waals surface area contributed by atoms with Gasteiger partial charge in [-0.3, -0.25) is 14.9 Å². The molecule has 1 aromatic rings. The Bertz CT molecular complexity index is 590. The molecule has 1 fully saturated rings. The van der Waals surface area contributed by atoms with E-state index < -0.39 is 0 Å². The van der Waals surface area contributed by atoms with Gasteiger partial charge in [0.05, 0.1) is 12.1 Å². The highest BCUT2D eigenvalue weighted by atomic mass is 32.2. The van der Waals surface area contributed by atoms with Crippen LogP contribution in [0, 0.1) is 26.7 Å². The molecule has 2 atom stereocenters. The molecule has 0 radical (unpaired) electrons. The van der Waals surface area contributed by atoms with E-state index in [1.54, 1.807) is 0 Å². The van der Waals surface area contributed by atoms with Gasteiger partial charge in [-0.25, -0.2) is 0 Å². The predicted molar refractivity (Wildman–Crippen MR) is 96.9 cm³/mol. The topological polar surface area (TPSA) is 58.2 Å². The smallest absolute Gasteiger partial charge is 0.241 e. The van der Waals surface area contributed by atoms with Gasteiger partial charge in [-0.1, -0.05) is 43.3 Å². The van der Waals surface area contributed by atoms with Gasteiger partial charge in [0.15, 0.2) is 0 Å². The maximum absolute atomic E-state index is 12.7. The molecule has 0 spiro atoms. The van der Waals surface area contributed by atoms with Gasteiger partial charge in [0.2, 0.25) is 11.0 Å². The first kappa shape index (κ1) is 18.0. The van der Waals surface area contributed by atoms with E-state index in [2.05, 4.69) is 22.8 Å². The van der Waals surface area contributed by atoms with Crippen LogP contribution in [0.5, 0.6) is 0 Å². The lowest BCUT2D eigenvalue weighted by Gasteiger charge is -2.25. The predicted octanol–water partition coefficient (Wildman–Crippen LogP) is 3.20. The zero-order chi connectivity index (χ0) is 17.1. The molecule has 1 amide bonds. The average Bonchev–Trinajstić information content (AvgIpc) is 2.84. The Kier molecular flexibility index (Phi) is 5.87. The van der Waals surface area contributed by atoms with Crippen LogP contribution >= 0.6 is 11.8 Å². The van der Waals surface area contributed by atoms with Crippen LogP contribution in [0.25, 0.3) is 0 Å². The van der Waals surface area contributed by atoms with Gasteiger partial charge in [0.1, 0.15) is 0 Å². The lowest BCUT2D eigenvalue weighted by Crippen LogP contribution is -2.50. The van der Waals surface area contributed by atoms with E-state index in [-0.39, 0.29) is 29.0 Å². The molecule has 1 saturated heterocycles. The molecule has 1 aliphatic heterocycles. The minimum Gasteiger partial charge on any atom is -0.324 e. The van der Waals surface area contributed by atoms with E-state index in [1.807, 2.05) is 34.6 Å². The fourth-order valence-electron chi connectivity index (χ4n) is 3.01. The lowest BCUT2D eigenvalue weighted by atomic mass is 10.0. The number of carbonyl (C=O) groups excluding carboxylic acids is 2. The number of rotatable bonds is 5. The average molecular weight is 334 g/mol.